The molecule has 0 radical (unpaired) electrons. The van der Waals surface area contributed by atoms with E-state index >= 15 is 0 Å². The third-order valence-corrected chi connectivity index (χ3v) is 3.12. The van der Waals surface area contributed by atoms with Crippen molar-refractivity contribution < 1.29 is 9.18 Å². The Morgan fingerprint density at radius 3 is 2.68 bits per heavy atom. The van der Waals surface area contributed by atoms with Gasteiger partial charge in [0.15, 0.2) is 5.78 Å². The summed E-state index contributed by atoms with van der Waals surface area (Å²) in [5.41, 5.74) is 2.49. The van der Waals surface area contributed by atoms with Gasteiger partial charge in [-0.25, -0.2) is 4.39 Å². The highest BCUT2D eigenvalue weighted by Gasteiger charge is 2.07. The molecule has 0 aliphatic heterocycles. The minimum atomic E-state index is -0.370. The molecule has 1 nitrogen and oxygen atoms in total. The molecule has 0 heterocycles. The molecule has 2 aromatic carbocycles. The van der Waals surface area contributed by atoms with Gasteiger partial charge in [-0.1, -0.05) is 35.4 Å². The van der Waals surface area contributed by atoms with E-state index in [1.807, 2.05) is 25.1 Å². The number of rotatable bonds is 4. The highest BCUT2D eigenvalue weighted by Crippen LogP contribution is 2.16. The summed E-state index contributed by atoms with van der Waals surface area (Å²) in [5.74, 6) is -0.311. The third kappa shape index (κ3) is 3.90. The molecule has 0 saturated heterocycles. The normalized spacial score (nSPS) is 10.5. The summed E-state index contributed by atoms with van der Waals surface area (Å²) in [7, 11) is 0. The van der Waals surface area contributed by atoms with E-state index in [1.54, 1.807) is 12.1 Å². The molecule has 19 heavy (non-hydrogen) atoms. The van der Waals surface area contributed by atoms with E-state index in [0.717, 1.165) is 11.1 Å². The highest BCUT2D eigenvalue weighted by atomic mass is 35.5. The first-order chi connectivity index (χ1) is 9.04. The van der Waals surface area contributed by atoms with Crippen molar-refractivity contribution in [2.75, 3.05) is 0 Å². The first-order valence-corrected chi connectivity index (χ1v) is 6.47. The summed E-state index contributed by atoms with van der Waals surface area (Å²) in [6.07, 6.45) is 0.841. The number of hydrogen-bond donors (Lipinski definition) is 0. The first-order valence-electron chi connectivity index (χ1n) is 6.09. The number of aryl methyl sites for hydroxylation is 2. The average Bonchev–Trinajstić information content (AvgIpc) is 2.35. The summed E-state index contributed by atoms with van der Waals surface area (Å²) in [5, 5.41) is 0.359. The number of Topliss-reactive ketones (excluding diaryl/α,β-unsaturated/α-hetero) is 1. The Morgan fingerprint density at radius 1 is 1.21 bits per heavy atom. The van der Waals surface area contributed by atoms with E-state index in [1.165, 1.54) is 12.1 Å². The average molecular weight is 277 g/mol. The van der Waals surface area contributed by atoms with Gasteiger partial charge in [0.2, 0.25) is 0 Å². The molecule has 2 rings (SSSR count). The molecule has 0 atom stereocenters. The Hall–Kier alpha value is -1.67. The molecule has 0 unspecified atom stereocenters. The fourth-order valence-corrected chi connectivity index (χ4v) is 2.22. The zero-order valence-corrected chi connectivity index (χ0v) is 11.4. The van der Waals surface area contributed by atoms with Gasteiger partial charge >= 0.3 is 0 Å². The van der Waals surface area contributed by atoms with Crippen LogP contribution in [0.1, 0.15) is 27.9 Å². The standard InChI is InChI=1S/C16H14ClFO/c1-11-3-2-4-13(7-11)16(19)6-5-12-8-14(17)10-15(18)9-12/h2-4,7-10H,5-6H2,1H3. The van der Waals surface area contributed by atoms with Crippen LogP contribution in [0, 0.1) is 12.7 Å². The van der Waals surface area contributed by atoms with Gasteiger partial charge in [-0.3, -0.25) is 4.79 Å². The van der Waals surface area contributed by atoms with Crippen LogP contribution in [0.2, 0.25) is 5.02 Å². The number of benzene rings is 2. The van der Waals surface area contributed by atoms with Crippen molar-refractivity contribution >= 4 is 17.4 Å². The largest absolute Gasteiger partial charge is 0.294 e. The topological polar surface area (TPSA) is 17.1 Å². The maximum atomic E-state index is 13.2. The number of hydrogen-bond acceptors (Lipinski definition) is 1. The van der Waals surface area contributed by atoms with E-state index < -0.39 is 0 Å². The molecule has 0 aliphatic rings. The van der Waals surface area contributed by atoms with Crippen LogP contribution in [-0.4, -0.2) is 5.78 Å². The summed E-state index contributed by atoms with van der Waals surface area (Å²) in [4.78, 5) is 12.0. The van der Waals surface area contributed by atoms with E-state index in [0.29, 0.717) is 23.4 Å². The van der Waals surface area contributed by atoms with Crippen LogP contribution < -0.4 is 0 Å². The second-order valence-electron chi connectivity index (χ2n) is 4.57. The predicted molar refractivity (Wildman–Crippen MR) is 75.2 cm³/mol. The molecular formula is C16H14ClFO. The minimum absolute atomic E-state index is 0.0593. The van der Waals surface area contributed by atoms with Crippen LogP contribution in [0.4, 0.5) is 4.39 Å². The molecule has 0 aliphatic carbocycles. The van der Waals surface area contributed by atoms with Gasteiger partial charge in [0.05, 0.1) is 0 Å². The van der Waals surface area contributed by atoms with Gasteiger partial charge in [-0.05, 0) is 43.2 Å². The lowest BCUT2D eigenvalue weighted by atomic mass is 10.0. The Balaban J connectivity index is 2.04. The summed E-state index contributed by atoms with van der Waals surface area (Å²) < 4.78 is 13.2. The second-order valence-corrected chi connectivity index (χ2v) is 5.01. The number of halogens is 2. The molecule has 3 heteroatoms. The van der Waals surface area contributed by atoms with Crippen molar-refractivity contribution in [1.82, 2.24) is 0 Å². The van der Waals surface area contributed by atoms with Crippen LogP contribution in [0.15, 0.2) is 42.5 Å². The fourth-order valence-electron chi connectivity index (χ4n) is 1.98. The Morgan fingerprint density at radius 2 is 2.00 bits per heavy atom. The van der Waals surface area contributed by atoms with Gasteiger partial charge in [0, 0.05) is 17.0 Å². The second kappa shape index (κ2) is 5.98. The van der Waals surface area contributed by atoms with Gasteiger partial charge in [-0.15, -0.1) is 0 Å². The van der Waals surface area contributed by atoms with Gasteiger partial charge in [0.25, 0.3) is 0 Å². The van der Waals surface area contributed by atoms with Crippen LogP contribution >= 0.6 is 11.6 Å². The quantitative estimate of drug-likeness (QED) is 0.746. The van der Waals surface area contributed by atoms with Crippen LogP contribution in [0.3, 0.4) is 0 Å². The lowest BCUT2D eigenvalue weighted by molar-refractivity contribution is 0.0982. The maximum absolute atomic E-state index is 13.2. The van der Waals surface area contributed by atoms with Crippen LogP contribution in [-0.2, 0) is 6.42 Å². The third-order valence-electron chi connectivity index (χ3n) is 2.90. The lowest BCUT2D eigenvalue weighted by Gasteiger charge is -2.04. The van der Waals surface area contributed by atoms with Crippen molar-refractivity contribution in [2.45, 2.75) is 19.8 Å². The zero-order valence-electron chi connectivity index (χ0n) is 10.6. The van der Waals surface area contributed by atoms with Crippen molar-refractivity contribution in [3.8, 4) is 0 Å². The van der Waals surface area contributed by atoms with Gasteiger partial charge in [-0.2, -0.15) is 0 Å². The predicted octanol–water partition coefficient (Wildman–Crippen LogP) is 4.60. The first kappa shape index (κ1) is 13.8. The van der Waals surface area contributed by atoms with Crippen molar-refractivity contribution in [3.63, 3.8) is 0 Å². The molecule has 0 fully saturated rings. The van der Waals surface area contributed by atoms with E-state index in [-0.39, 0.29) is 11.6 Å². The van der Waals surface area contributed by atoms with Crippen LogP contribution in [0.25, 0.3) is 0 Å². The number of carbonyl (C=O) groups is 1. The highest BCUT2D eigenvalue weighted by molar-refractivity contribution is 6.30. The Kier molecular flexibility index (Phi) is 4.33. The zero-order chi connectivity index (χ0) is 13.8. The van der Waals surface area contributed by atoms with Crippen molar-refractivity contribution in [2.24, 2.45) is 0 Å². The molecular weight excluding hydrogens is 263 g/mol. The Bertz CT molecular complexity index is 587. The lowest BCUT2D eigenvalue weighted by Crippen LogP contribution is -2.01. The maximum Gasteiger partial charge on any atom is 0.163 e. The Labute approximate surface area is 117 Å². The summed E-state index contributed by atoms with van der Waals surface area (Å²) in [6, 6.07) is 11.8. The molecule has 0 amide bonds. The van der Waals surface area contributed by atoms with E-state index in [2.05, 4.69) is 0 Å². The number of carbonyl (C=O) groups excluding carboxylic acids is 1. The van der Waals surface area contributed by atoms with E-state index in [9.17, 15) is 9.18 Å². The monoisotopic (exact) mass is 276 g/mol. The molecule has 2 aromatic rings. The molecule has 98 valence electrons. The summed E-state index contributed by atoms with van der Waals surface area (Å²) in [6.45, 7) is 1.95. The van der Waals surface area contributed by atoms with Crippen molar-refractivity contribution in [1.29, 1.82) is 0 Å². The van der Waals surface area contributed by atoms with Gasteiger partial charge < -0.3 is 0 Å². The molecule has 0 spiro atoms. The van der Waals surface area contributed by atoms with Gasteiger partial charge in [0.1, 0.15) is 5.82 Å². The molecule has 0 N–H and O–H groups in total. The molecule has 0 bridgehead atoms. The molecule has 0 saturated carbocycles. The summed E-state index contributed by atoms with van der Waals surface area (Å²) >= 11 is 5.78. The molecule has 0 aromatic heterocycles. The SMILES string of the molecule is Cc1cccc(C(=O)CCc2cc(F)cc(Cl)c2)c1. The van der Waals surface area contributed by atoms with Crippen LogP contribution in [0.5, 0.6) is 0 Å². The number of ketones is 1. The van der Waals surface area contributed by atoms with E-state index in [4.69, 9.17) is 11.6 Å². The van der Waals surface area contributed by atoms with Crippen molar-refractivity contribution in [3.05, 3.63) is 70.0 Å². The smallest absolute Gasteiger partial charge is 0.163 e. The fraction of sp³-hybridized carbons (Fsp3) is 0.188. The minimum Gasteiger partial charge on any atom is -0.294 e.